The maximum atomic E-state index is 12.1. The lowest BCUT2D eigenvalue weighted by molar-refractivity contribution is -0.123. The van der Waals surface area contributed by atoms with E-state index in [1.807, 2.05) is 47.8 Å². The second kappa shape index (κ2) is 10.4. The third-order valence-electron chi connectivity index (χ3n) is 4.46. The molecule has 0 aliphatic heterocycles. The number of ether oxygens (including phenoxy) is 2. The SMILES string of the molecule is O=C(COc1ccc(Oc2ccccc2)cc1)NCCn1nc(-c2cccs2)ccc1=O. The molecule has 0 radical (unpaired) electrons. The molecule has 0 atom stereocenters. The van der Waals surface area contributed by atoms with Crippen molar-refractivity contribution in [2.75, 3.05) is 13.2 Å². The number of aromatic nitrogens is 2. The molecule has 2 heterocycles. The molecule has 162 valence electrons. The average molecular weight is 448 g/mol. The highest BCUT2D eigenvalue weighted by atomic mass is 32.1. The minimum absolute atomic E-state index is 0.129. The number of hydrogen-bond donors (Lipinski definition) is 1. The van der Waals surface area contributed by atoms with E-state index in [1.54, 1.807) is 41.7 Å². The molecule has 1 amide bonds. The van der Waals surface area contributed by atoms with Crippen LogP contribution < -0.4 is 20.3 Å². The molecule has 2 aromatic heterocycles. The predicted octanol–water partition coefficient (Wildman–Crippen LogP) is 3.96. The van der Waals surface area contributed by atoms with Crippen LogP contribution in [0.3, 0.4) is 0 Å². The first-order valence-corrected chi connectivity index (χ1v) is 10.9. The monoisotopic (exact) mass is 447 g/mol. The van der Waals surface area contributed by atoms with Crippen LogP contribution in [-0.2, 0) is 11.3 Å². The first-order valence-electron chi connectivity index (χ1n) is 10.0. The number of benzene rings is 2. The minimum Gasteiger partial charge on any atom is -0.484 e. The molecule has 4 rings (SSSR count). The van der Waals surface area contributed by atoms with Crippen molar-refractivity contribution in [3.05, 3.63) is 94.6 Å². The van der Waals surface area contributed by atoms with Crippen molar-refractivity contribution < 1.29 is 14.3 Å². The van der Waals surface area contributed by atoms with Crippen LogP contribution in [0.5, 0.6) is 17.2 Å². The predicted molar refractivity (Wildman–Crippen MR) is 123 cm³/mol. The number of nitrogens with one attached hydrogen (secondary N) is 1. The van der Waals surface area contributed by atoms with Gasteiger partial charge in [-0.3, -0.25) is 9.59 Å². The third kappa shape index (κ3) is 5.83. The van der Waals surface area contributed by atoms with Crippen molar-refractivity contribution >= 4 is 17.2 Å². The molecular weight excluding hydrogens is 426 g/mol. The number of para-hydroxylation sites is 1. The zero-order chi connectivity index (χ0) is 22.2. The highest BCUT2D eigenvalue weighted by Crippen LogP contribution is 2.23. The van der Waals surface area contributed by atoms with Crippen molar-refractivity contribution in [3.63, 3.8) is 0 Å². The summed E-state index contributed by atoms with van der Waals surface area (Å²) in [7, 11) is 0. The van der Waals surface area contributed by atoms with Crippen LogP contribution in [-0.4, -0.2) is 28.8 Å². The fourth-order valence-corrected chi connectivity index (χ4v) is 3.58. The molecule has 0 fully saturated rings. The zero-order valence-corrected chi connectivity index (χ0v) is 18.0. The second-order valence-electron chi connectivity index (χ2n) is 6.78. The maximum absolute atomic E-state index is 12.1. The van der Waals surface area contributed by atoms with E-state index < -0.39 is 0 Å². The van der Waals surface area contributed by atoms with Crippen molar-refractivity contribution in [1.29, 1.82) is 0 Å². The molecule has 0 aliphatic rings. The topological polar surface area (TPSA) is 82.4 Å². The van der Waals surface area contributed by atoms with E-state index in [-0.39, 0.29) is 31.2 Å². The standard InChI is InChI=1S/C24H21N3O4S/c28-23(17-30-18-8-10-20(11-9-18)31-19-5-2-1-3-6-19)25-14-15-27-24(29)13-12-21(26-27)22-7-4-16-32-22/h1-13,16H,14-15,17H2,(H,25,28). The smallest absolute Gasteiger partial charge is 0.266 e. The molecule has 0 spiro atoms. The van der Waals surface area contributed by atoms with Gasteiger partial charge in [-0.2, -0.15) is 5.10 Å². The summed E-state index contributed by atoms with van der Waals surface area (Å²) in [6.07, 6.45) is 0. The quantitative estimate of drug-likeness (QED) is 0.420. The summed E-state index contributed by atoms with van der Waals surface area (Å²) in [6.45, 7) is 0.415. The van der Waals surface area contributed by atoms with Gasteiger partial charge in [0.05, 0.1) is 11.4 Å². The number of rotatable bonds is 9. The van der Waals surface area contributed by atoms with Crippen molar-refractivity contribution in [1.82, 2.24) is 15.1 Å². The summed E-state index contributed by atoms with van der Waals surface area (Å²) in [4.78, 5) is 25.1. The van der Waals surface area contributed by atoms with Gasteiger partial charge >= 0.3 is 0 Å². The van der Waals surface area contributed by atoms with Crippen LogP contribution in [0.25, 0.3) is 10.6 Å². The van der Waals surface area contributed by atoms with E-state index in [0.717, 1.165) is 16.3 Å². The number of carbonyl (C=O) groups excluding carboxylic acids is 1. The minimum atomic E-state index is -0.280. The van der Waals surface area contributed by atoms with Crippen molar-refractivity contribution in [3.8, 4) is 27.8 Å². The molecule has 0 saturated carbocycles. The van der Waals surface area contributed by atoms with E-state index in [2.05, 4.69) is 10.4 Å². The van der Waals surface area contributed by atoms with Gasteiger partial charge in [0.1, 0.15) is 22.9 Å². The molecule has 4 aromatic rings. The number of nitrogens with zero attached hydrogens (tertiary/aromatic N) is 2. The lowest BCUT2D eigenvalue weighted by Crippen LogP contribution is -2.34. The summed E-state index contributed by atoms with van der Waals surface area (Å²) in [6, 6.07) is 23.6. The van der Waals surface area contributed by atoms with Crippen molar-refractivity contribution in [2.45, 2.75) is 6.54 Å². The Kier molecular flexibility index (Phi) is 6.94. The number of thiophene rings is 1. The summed E-state index contributed by atoms with van der Waals surface area (Å²) < 4.78 is 12.6. The van der Waals surface area contributed by atoms with Gasteiger partial charge in [-0.15, -0.1) is 11.3 Å². The molecule has 0 aliphatic carbocycles. The van der Waals surface area contributed by atoms with E-state index in [1.165, 1.54) is 10.7 Å². The Morgan fingerprint density at radius 1 is 0.906 bits per heavy atom. The van der Waals surface area contributed by atoms with Gasteiger partial charge in [0.2, 0.25) is 0 Å². The molecule has 0 bridgehead atoms. The fourth-order valence-electron chi connectivity index (χ4n) is 2.89. The Morgan fingerprint density at radius 3 is 2.41 bits per heavy atom. The maximum Gasteiger partial charge on any atom is 0.266 e. The molecule has 8 heteroatoms. The second-order valence-corrected chi connectivity index (χ2v) is 7.73. The summed E-state index contributed by atoms with van der Waals surface area (Å²) in [5.41, 5.74) is 0.516. The largest absolute Gasteiger partial charge is 0.484 e. The van der Waals surface area contributed by atoms with E-state index in [4.69, 9.17) is 9.47 Å². The fraction of sp³-hybridized carbons (Fsp3) is 0.125. The molecular formula is C24H21N3O4S. The summed E-state index contributed by atoms with van der Waals surface area (Å²) in [5, 5.41) is 9.06. The van der Waals surface area contributed by atoms with Gasteiger partial charge in [0, 0.05) is 12.6 Å². The molecule has 2 aromatic carbocycles. The Labute approximate surface area is 188 Å². The Hall–Kier alpha value is -3.91. The van der Waals surface area contributed by atoms with Crippen LogP contribution in [0.15, 0.2) is 89.0 Å². The third-order valence-corrected chi connectivity index (χ3v) is 5.35. The van der Waals surface area contributed by atoms with Gasteiger partial charge in [-0.1, -0.05) is 24.3 Å². The molecule has 1 N–H and O–H groups in total. The molecule has 0 saturated heterocycles. The lowest BCUT2D eigenvalue weighted by Gasteiger charge is -2.10. The van der Waals surface area contributed by atoms with Crippen LogP contribution >= 0.6 is 11.3 Å². The summed E-state index contributed by atoms with van der Waals surface area (Å²) >= 11 is 1.55. The first-order chi connectivity index (χ1) is 15.7. The van der Waals surface area contributed by atoms with E-state index in [9.17, 15) is 9.59 Å². The Bertz CT molecular complexity index is 1210. The van der Waals surface area contributed by atoms with Crippen LogP contribution in [0.1, 0.15) is 0 Å². The highest BCUT2D eigenvalue weighted by Gasteiger charge is 2.07. The normalized spacial score (nSPS) is 10.5. The zero-order valence-electron chi connectivity index (χ0n) is 17.1. The highest BCUT2D eigenvalue weighted by molar-refractivity contribution is 7.13. The van der Waals surface area contributed by atoms with Crippen LogP contribution in [0, 0.1) is 0 Å². The average Bonchev–Trinajstić information content (AvgIpc) is 3.36. The van der Waals surface area contributed by atoms with Crippen molar-refractivity contribution in [2.24, 2.45) is 0 Å². The number of hydrogen-bond acceptors (Lipinski definition) is 6. The molecule has 7 nitrogen and oxygen atoms in total. The van der Waals surface area contributed by atoms with Gasteiger partial charge in [0.15, 0.2) is 6.61 Å². The van der Waals surface area contributed by atoms with Gasteiger partial charge in [-0.25, -0.2) is 4.68 Å². The van der Waals surface area contributed by atoms with Crippen LogP contribution in [0.2, 0.25) is 0 Å². The summed E-state index contributed by atoms with van der Waals surface area (Å²) in [5.74, 6) is 1.70. The van der Waals surface area contributed by atoms with E-state index in [0.29, 0.717) is 11.5 Å². The van der Waals surface area contributed by atoms with E-state index >= 15 is 0 Å². The lowest BCUT2D eigenvalue weighted by atomic mass is 10.3. The Balaban J connectivity index is 1.23. The van der Waals surface area contributed by atoms with Gasteiger partial charge in [-0.05, 0) is 53.9 Å². The van der Waals surface area contributed by atoms with Gasteiger partial charge < -0.3 is 14.8 Å². The van der Waals surface area contributed by atoms with Gasteiger partial charge in [0.25, 0.3) is 11.5 Å². The molecule has 32 heavy (non-hydrogen) atoms. The Morgan fingerprint density at radius 2 is 1.66 bits per heavy atom. The first kappa shape index (κ1) is 21.3. The molecule has 0 unspecified atom stereocenters. The number of carbonyl (C=O) groups is 1. The van der Waals surface area contributed by atoms with Crippen LogP contribution in [0.4, 0.5) is 0 Å². The number of amides is 1.